The number of halogens is 1. The van der Waals surface area contributed by atoms with Crippen LogP contribution < -0.4 is 0 Å². The summed E-state index contributed by atoms with van der Waals surface area (Å²) in [6.45, 7) is 6.82. The number of rotatable bonds is 3. The van der Waals surface area contributed by atoms with E-state index in [0.717, 1.165) is 44.5 Å². The molecule has 1 aliphatic heterocycles. The van der Waals surface area contributed by atoms with E-state index in [4.69, 9.17) is 0 Å². The largest absolute Gasteiger partial charge is 0.300 e. The molecular weight excluding hydrogens is 201 g/mol. The first kappa shape index (κ1) is 11.6. The molecule has 0 amide bonds. The highest BCUT2D eigenvalue weighted by Gasteiger charge is 2.23. The predicted molar refractivity (Wildman–Crippen MR) is 65.6 cm³/mol. The molecule has 0 atom stereocenters. The van der Waals surface area contributed by atoms with Crippen molar-refractivity contribution < 1.29 is 4.39 Å². The third kappa shape index (κ3) is 2.62. The number of hydrogen-bond donors (Lipinski definition) is 0. The summed E-state index contributed by atoms with van der Waals surface area (Å²) in [6.07, 6.45) is 10.5. The first-order valence-electron chi connectivity index (χ1n) is 6.04. The van der Waals surface area contributed by atoms with E-state index in [0.29, 0.717) is 5.92 Å². The van der Waals surface area contributed by atoms with Crippen LogP contribution in [0.5, 0.6) is 0 Å². The Morgan fingerprint density at radius 3 is 2.81 bits per heavy atom. The van der Waals surface area contributed by atoms with Gasteiger partial charge in [0.05, 0.1) is 0 Å². The van der Waals surface area contributed by atoms with E-state index in [9.17, 15) is 4.39 Å². The Hall–Kier alpha value is -0.890. The highest BCUT2D eigenvalue weighted by atomic mass is 19.1. The fourth-order valence-corrected chi connectivity index (χ4v) is 2.50. The minimum Gasteiger partial charge on any atom is -0.300 e. The van der Waals surface area contributed by atoms with Gasteiger partial charge in [0, 0.05) is 13.0 Å². The Labute approximate surface area is 97.3 Å². The molecule has 1 fully saturated rings. The van der Waals surface area contributed by atoms with E-state index in [2.05, 4.69) is 17.6 Å². The number of likely N-dealkylation sites (tertiary alicyclic amines) is 1. The minimum absolute atomic E-state index is 0.00432. The lowest BCUT2D eigenvalue weighted by Gasteiger charge is -2.32. The molecule has 2 heteroatoms. The summed E-state index contributed by atoms with van der Waals surface area (Å²) in [7, 11) is 0. The first-order valence-corrected chi connectivity index (χ1v) is 6.04. The van der Waals surface area contributed by atoms with Crippen LogP contribution in [0.2, 0.25) is 0 Å². The fourth-order valence-electron chi connectivity index (χ4n) is 2.50. The lowest BCUT2D eigenvalue weighted by Crippen LogP contribution is -2.34. The highest BCUT2D eigenvalue weighted by molar-refractivity contribution is 5.33. The lowest BCUT2D eigenvalue weighted by atomic mass is 9.86. The normalized spacial score (nSPS) is 23.8. The van der Waals surface area contributed by atoms with Crippen LogP contribution in [0, 0.1) is 12.3 Å². The zero-order valence-electron chi connectivity index (χ0n) is 9.66. The zero-order valence-corrected chi connectivity index (χ0v) is 9.66. The molecule has 0 aromatic carbocycles. The summed E-state index contributed by atoms with van der Waals surface area (Å²) in [5, 5.41) is 0. The maximum absolute atomic E-state index is 13.6. The standard InChI is InChI=1S/C14H19FN/c1-2-9-16-10-7-12(8-11-16)13-5-3-4-6-14(13)15/h2-3,5-6,12H,1,4,7-11H2. The topological polar surface area (TPSA) is 3.24 Å². The van der Waals surface area contributed by atoms with Gasteiger partial charge < -0.3 is 0 Å². The third-order valence-electron chi connectivity index (χ3n) is 3.42. The Morgan fingerprint density at radius 2 is 2.19 bits per heavy atom. The van der Waals surface area contributed by atoms with E-state index in [1.807, 2.05) is 12.2 Å². The van der Waals surface area contributed by atoms with Crippen LogP contribution in [-0.4, -0.2) is 24.5 Å². The Bertz CT molecular complexity index is 309. The zero-order chi connectivity index (χ0) is 11.4. The van der Waals surface area contributed by atoms with Gasteiger partial charge >= 0.3 is 0 Å². The average molecular weight is 220 g/mol. The van der Waals surface area contributed by atoms with Crippen molar-refractivity contribution in [1.82, 2.24) is 4.90 Å². The van der Waals surface area contributed by atoms with Gasteiger partial charge in [0.15, 0.2) is 0 Å². The van der Waals surface area contributed by atoms with E-state index >= 15 is 0 Å². The number of nitrogens with zero attached hydrogens (tertiary/aromatic N) is 1. The molecule has 1 heterocycles. The summed E-state index contributed by atoms with van der Waals surface area (Å²) in [5.41, 5.74) is 0.921. The van der Waals surface area contributed by atoms with Crippen molar-refractivity contribution in [3.63, 3.8) is 0 Å². The quantitative estimate of drug-likeness (QED) is 0.660. The second-order valence-electron chi connectivity index (χ2n) is 4.51. The molecule has 87 valence electrons. The summed E-state index contributed by atoms with van der Waals surface area (Å²) < 4.78 is 13.6. The smallest absolute Gasteiger partial charge is 0.107 e. The number of hydrogen-bond acceptors (Lipinski definition) is 1. The van der Waals surface area contributed by atoms with Gasteiger partial charge in [-0.2, -0.15) is 0 Å². The molecule has 0 spiro atoms. The maximum atomic E-state index is 13.6. The van der Waals surface area contributed by atoms with Crippen molar-refractivity contribution in [1.29, 1.82) is 0 Å². The van der Waals surface area contributed by atoms with Crippen molar-refractivity contribution >= 4 is 0 Å². The highest BCUT2D eigenvalue weighted by Crippen LogP contribution is 2.31. The Kier molecular flexibility index (Phi) is 3.94. The van der Waals surface area contributed by atoms with Gasteiger partial charge in [0.2, 0.25) is 0 Å². The third-order valence-corrected chi connectivity index (χ3v) is 3.42. The van der Waals surface area contributed by atoms with Crippen molar-refractivity contribution in [3.8, 4) is 0 Å². The molecule has 1 aliphatic carbocycles. The first-order chi connectivity index (χ1) is 7.81. The van der Waals surface area contributed by atoms with E-state index < -0.39 is 0 Å². The molecule has 0 saturated carbocycles. The molecule has 0 bridgehead atoms. The molecule has 1 saturated heterocycles. The van der Waals surface area contributed by atoms with Crippen LogP contribution in [0.15, 0.2) is 36.2 Å². The molecule has 0 unspecified atom stereocenters. The van der Waals surface area contributed by atoms with Crippen LogP contribution in [0.1, 0.15) is 19.3 Å². The van der Waals surface area contributed by atoms with Gasteiger partial charge in [-0.1, -0.05) is 18.2 Å². The van der Waals surface area contributed by atoms with Crippen LogP contribution in [0.3, 0.4) is 0 Å². The van der Waals surface area contributed by atoms with Gasteiger partial charge in [0.1, 0.15) is 5.83 Å². The van der Waals surface area contributed by atoms with Crippen molar-refractivity contribution in [2.45, 2.75) is 19.3 Å². The second kappa shape index (κ2) is 5.44. The van der Waals surface area contributed by atoms with Crippen molar-refractivity contribution in [3.05, 3.63) is 42.6 Å². The fraction of sp³-hybridized carbons (Fsp3) is 0.500. The van der Waals surface area contributed by atoms with Gasteiger partial charge in [-0.05, 0) is 43.8 Å². The Balaban J connectivity index is 1.93. The van der Waals surface area contributed by atoms with Gasteiger partial charge in [-0.3, -0.25) is 4.90 Å². The molecular formula is C14H19FN. The van der Waals surface area contributed by atoms with Crippen molar-refractivity contribution in [2.75, 3.05) is 19.6 Å². The van der Waals surface area contributed by atoms with Crippen LogP contribution in [0.4, 0.5) is 4.39 Å². The molecule has 2 rings (SSSR count). The summed E-state index contributed by atoms with van der Waals surface area (Å²) in [4.78, 5) is 2.37. The van der Waals surface area contributed by atoms with Crippen molar-refractivity contribution in [2.24, 2.45) is 5.92 Å². The SMILES string of the molecule is C=CCN1CCC(C2=C(F)[CH]CC=C2)CC1. The van der Waals surface area contributed by atoms with Crippen LogP contribution >= 0.6 is 0 Å². The molecule has 1 nitrogen and oxygen atoms in total. The second-order valence-corrected chi connectivity index (χ2v) is 4.51. The van der Waals surface area contributed by atoms with E-state index in [1.165, 1.54) is 0 Å². The van der Waals surface area contributed by atoms with Gasteiger partial charge in [-0.15, -0.1) is 6.58 Å². The van der Waals surface area contributed by atoms with E-state index in [1.54, 1.807) is 6.42 Å². The van der Waals surface area contributed by atoms with Gasteiger partial charge in [0.25, 0.3) is 0 Å². The van der Waals surface area contributed by atoms with Gasteiger partial charge in [-0.25, -0.2) is 4.39 Å². The predicted octanol–water partition coefficient (Wildman–Crippen LogP) is 3.27. The molecule has 1 radical (unpaired) electrons. The minimum atomic E-state index is 0.00432. The summed E-state index contributed by atoms with van der Waals surface area (Å²) >= 11 is 0. The molecule has 16 heavy (non-hydrogen) atoms. The summed E-state index contributed by atoms with van der Waals surface area (Å²) in [5.74, 6) is 0.415. The Morgan fingerprint density at radius 1 is 1.44 bits per heavy atom. The lowest BCUT2D eigenvalue weighted by molar-refractivity contribution is 0.217. The molecule has 0 aromatic rings. The summed E-state index contributed by atoms with van der Waals surface area (Å²) in [6, 6.07) is 0. The molecule has 0 N–H and O–H groups in total. The molecule has 0 aromatic heterocycles. The van der Waals surface area contributed by atoms with Crippen LogP contribution in [0.25, 0.3) is 0 Å². The maximum Gasteiger partial charge on any atom is 0.107 e. The average Bonchev–Trinajstić information content (AvgIpc) is 2.31. The number of allylic oxidation sites excluding steroid dienone is 4. The van der Waals surface area contributed by atoms with Crippen LogP contribution in [-0.2, 0) is 0 Å². The number of piperidine rings is 1. The molecule has 2 aliphatic rings. The monoisotopic (exact) mass is 220 g/mol. The van der Waals surface area contributed by atoms with E-state index in [-0.39, 0.29) is 5.83 Å².